The molecule has 6 heteroatoms. The minimum Gasteiger partial charge on any atom is -0.381 e. The number of hydrogen-bond donors (Lipinski definition) is 0. The number of rotatable bonds is 3. The van der Waals surface area contributed by atoms with Crippen LogP contribution in [0.2, 0.25) is 0 Å². The fourth-order valence-corrected chi connectivity index (χ4v) is 4.10. The molecule has 0 radical (unpaired) electrons. The van der Waals surface area contributed by atoms with Gasteiger partial charge in [-0.25, -0.2) is 9.97 Å². The molecule has 0 atom stereocenters. The molecule has 3 heterocycles. The second-order valence-electron chi connectivity index (χ2n) is 7.27. The van der Waals surface area contributed by atoms with E-state index in [4.69, 9.17) is 4.74 Å². The zero-order valence-corrected chi connectivity index (χ0v) is 14.9. The van der Waals surface area contributed by atoms with Crippen molar-refractivity contribution in [3.05, 3.63) is 24.2 Å². The number of fused-ring (bicyclic) bond motifs is 1. The van der Waals surface area contributed by atoms with Crippen molar-refractivity contribution in [2.24, 2.45) is 0 Å². The molecule has 6 nitrogen and oxygen atoms in total. The number of carbonyl (C=O) groups excluding carboxylic acids is 1. The molecular weight excluding hydrogens is 316 g/mol. The molecule has 0 bridgehead atoms. The first-order chi connectivity index (χ1) is 12.2. The average molecular weight is 342 g/mol. The summed E-state index contributed by atoms with van der Waals surface area (Å²) in [5, 5.41) is 0. The van der Waals surface area contributed by atoms with Crippen molar-refractivity contribution in [3.8, 4) is 0 Å². The molecule has 1 aliphatic carbocycles. The molecule has 0 aromatic carbocycles. The van der Waals surface area contributed by atoms with Gasteiger partial charge in [0, 0.05) is 38.5 Å². The monoisotopic (exact) mass is 342 g/mol. The summed E-state index contributed by atoms with van der Waals surface area (Å²) in [5.74, 6) is 0.0573. The predicted molar refractivity (Wildman–Crippen MR) is 95.6 cm³/mol. The molecule has 2 aliphatic rings. The first-order valence-electron chi connectivity index (χ1n) is 9.41. The summed E-state index contributed by atoms with van der Waals surface area (Å²) in [5.41, 5.74) is 2.30. The van der Waals surface area contributed by atoms with Gasteiger partial charge < -0.3 is 14.2 Å². The first-order valence-corrected chi connectivity index (χ1v) is 9.41. The minimum atomic E-state index is 0.0573. The maximum absolute atomic E-state index is 12.8. The number of hydrogen-bond acceptors (Lipinski definition) is 4. The van der Waals surface area contributed by atoms with Crippen LogP contribution in [0.3, 0.4) is 0 Å². The maximum Gasteiger partial charge on any atom is 0.255 e. The van der Waals surface area contributed by atoms with Gasteiger partial charge in [-0.1, -0.05) is 19.3 Å². The van der Waals surface area contributed by atoms with E-state index < -0.39 is 0 Å². The summed E-state index contributed by atoms with van der Waals surface area (Å²) in [6.45, 7) is 1.57. The second kappa shape index (κ2) is 7.12. The number of nitrogens with zero attached hydrogens (tertiary/aromatic N) is 4. The zero-order chi connectivity index (χ0) is 17.2. The third-order valence-corrected chi connectivity index (χ3v) is 5.69. The molecule has 4 rings (SSSR count). The molecule has 0 spiro atoms. The van der Waals surface area contributed by atoms with Crippen LogP contribution < -0.4 is 0 Å². The van der Waals surface area contributed by atoms with E-state index in [1.807, 2.05) is 24.3 Å². The quantitative estimate of drug-likeness (QED) is 0.859. The van der Waals surface area contributed by atoms with Gasteiger partial charge in [-0.2, -0.15) is 0 Å². The minimum absolute atomic E-state index is 0.0573. The van der Waals surface area contributed by atoms with Crippen LogP contribution in [0.1, 0.15) is 61.3 Å². The highest BCUT2D eigenvalue weighted by Crippen LogP contribution is 2.26. The van der Waals surface area contributed by atoms with Crippen LogP contribution in [0.4, 0.5) is 0 Å². The van der Waals surface area contributed by atoms with Crippen molar-refractivity contribution >= 4 is 17.1 Å². The highest BCUT2D eigenvalue weighted by atomic mass is 16.5. The molecule has 0 N–H and O–H groups in total. The van der Waals surface area contributed by atoms with E-state index in [0.29, 0.717) is 17.6 Å². The number of ether oxygens (including phenoxy) is 1. The Bertz CT molecular complexity index is 745. The van der Waals surface area contributed by atoms with Crippen LogP contribution in [0.25, 0.3) is 11.2 Å². The highest BCUT2D eigenvalue weighted by molar-refractivity contribution is 5.96. The Kier molecular flexibility index (Phi) is 4.70. The molecule has 1 saturated carbocycles. The van der Waals surface area contributed by atoms with Crippen LogP contribution in [0, 0.1) is 0 Å². The van der Waals surface area contributed by atoms with E-state index in [9.17, 15) is 4.79 Å². The molecular formula is C19H26N4O2. The SMILES string of the molecule is CN(C(=O)c1cnc2c(c1)ncn2C1CCOCC1)C1CCCCC1. The summed E-state index contributed by atoms with van der Waals surface area (Å²) in [7, 11) is 1.92. The number of imidazole rings is 1. The first kappa shape index (κ1) is 16.5. The molecule has 25 heavy (non-hydrogen) atoms. The van der Waals surface area contributed by atoms with E-state index in [1.165, 1.54) is 19.3 Å². The Morgan fingerprint density at radius 2 is 1.92 bits per heavy atom. The molecule has 1 saturated heterocycles. The number of carbonyl (C=O) groups is 1. The van der Waals surface area contributed by atoms with Crippen LogP contribution in [0.5, 0.6) is 0 Å². The standard InChI is InChI=1S/C19H26N4O2/c1-22(15-5-3-2-4-6-15)19(24)14-11-17-18(20-12-14)23(13-21-17)16-7-9-25-10-8-16/h11-13,15-16H,2-10H2,1H3. The lowest BCUT2D eigenvalue weighted by Gasteiger charge is -2.31. The van der Waals surface area contributed by atoms with Gasteiger partial charge >= 0.3 is 0 Å². The lowest BCUT2D eigenvalue weighted by molar-refractivity contribution is 0.0696. The van der Waals surface area contributed by atoms with Crippen molar-refractivity contribution in [1.82, 2.24) is 19.4 Å². The van der Waals surface area contributed by atoms with E-state index in [1.54, 1.807) is 6.20 Å². The van der Waals surface area contributed by atoms with E-state index >= 15 is 0 Å². The van der Waals surface area contributed by atoms with E-state index in [-0.39, 0.29) is 5.91 Å². The Labute approximate surface area is 148 Å². The third kappa shape index (κ3) is 3.27. The summed E-state index contributed by atoms with van der Waals surface area (Å²) < 4.78 is 7.58. The van der Waals surface area contributed by atoms with Crippen molar-refractivity contribution in [2.45, 2.75) is 57.0 Å². The molecule has 1 aliphatic heterocycles. The summed E-state index contributed by atoms with van der Waals surface area (Å²) in [6.07, 6.45) is 11.5. The van der Waals surface area contributed by atoms with Crippen LogP contribution in [-0.2, 0) is 4.74 Å². The van der Waals surface area contributed by atoms with E-state index in [0.717, 1.165) is 50.1 Å². The van der Waals surface area contributed by atoms with E-state index in [2.05, 4.69) is 14.5 Å². The topological polar surface area (TPSA) is 60.2 Å². The Balaban J connectivity index is 1.55. The summed E-state index contributed by atoms with van der Waals surface area (Å²) >= 11 is 0. The average Bonchev–Trinajstić information content (AvgIpc) is 3.11. The van der Waals surface area contributed by atoms with Gasteiger partial charge in [0.15, 0.2) is 5.65 Å². The normalized spacial score (nSPS) is 20.0. The molecule has 134 valence electrons. The predicted octanol–water partition coefficient (Wildman–Crippen LogP) is 3.19. The second-order valence-corrected chi connectivity index (χ2v) is 7.27. The van der Waals surface area contributed by atoms with Gasteiger partial charge in [-0.05, 0) is 31.7 Å². The molecule has 2 aromatic rings. The molecule has 1 amide bonds. The molecule has 2 aromatic heterocycles. The summed E-state index contributed by atoms with van der Waals surface area (Å²) in [6, 6.07) is 2.63. The van der Waals surface area contributed by atoms with Crippen molar-refractivity contribution in [1.29, 1.82) is 0 Å². The largest absolute Gasteiger partial charge is 0.381 e. The van der Waals surface area contributed by atoms with Crippen molar-refractivity contribution in [3.63, 3.8) is 0 Å². The lowest BCUT2D eigenvalue weighted by atomic mass is 9.94. The van der Waals surface area contributed by atoms with Gasteiger partial charge in [-0.15, -0.1) is 0 Å². The van der Waals surface area contributed by atoms with Gasteiger partial charge in [0.25, 0.3) is 5.91 Å². The Morgan fingerprint density at radius 3 is 2.68 bits per heavy atom. The highest BCUT2D eigenvalue weighted by Gasteiger charge is 2.24. The van der Waals surface area contributed by atoms with Crippen LogP contribution >= 0.6 is 0 Å². The van der Waals surface area contributed by atoms with Crippen molar-refractivity contribution < 1.29 is 9.53 Å². The van der Waals surface area contributed by atoms with Crippen LogP contribution in [0.15, 0.2) is 18.6 Å². The molecule has 0 unspecified atom stereocenters. The Hall–Kier alpha value is -1.95. The number of pyridine rings is 1. The fraction of sp³-hybridized carbons (Fsp3) is 0.632. The maximum atomic E-state index is 12.8. The van der Waals surface area contributed by atoms with Gasteiger partial charge in [0.1, 0.15) is 5.52 Å². The number of aromatic nitrogens is 3. The van der Waals surface area contributed by atoms with Crippen molar-refractivity contribution in [2.75, 3.05) is 20.3 Å². The van der Waals surface area contributed by atoms with Gasteiger partial charge in [0.05, 0.1) is 11.9 Å². The summed E-state index contributed by atoms with van der Waals surface area (Å²) in [4.78, 5) is 23.8. The fourth-order valence-electron chi connectivity index (χ4n) is 4.10. The molecule has 2 fully saturated rings. The van der Waals surface area contributed by atoms with Crippen LogP contribution in [-0.4, -0.2) is 51.6 Å². The van der Waals surface area contributed by atoms with Gasteiger partial charge in [-0.3, -0.25) is 4.79 Å². The third-order valence-electron chi connectivity index (χ3n) is 5.69. The number of amides is 1. The smallest absolute Gasteiger partial charge is 0.255 e. The lowest BCUT2D eigenvalue weighted by Crippen LogP contribution is -2.38. The zero-order valence-electron chi connectivity index (χ0n) is 14.9. The van der Waals surface area contributed by atoms with Gasteiger partial charge in [0.2, 0.25) is 0 Å². The Morgan fingerprint density at radius 1 is 1.16 bits per heavy atom.